The number of pyridine rings is 1. The van der Waals surface area contributed by atoms with E-state index in [0.29, 0.717) is 0 Å². The number of fused-ring (bicyclic) bond motifs is 13. The van der Waals surface area contributed by atoms with E-state index in [9.17, 15) is 0 Å². The van der Waals surface area contributed by atoms with Gasteiger partial charge < -0.3 is 13.7 Å². The third-order valence-electron chi connectivity index (χ3n) is 10.9. The minimum absolute atomic E-state index is 1.13. The van der Waals surface area contributed by atoms with E-state index in [1.165, 1.54) is 80.4 Å². The van der Waals surface area contributed by atoms with Crippen LogP contribution in [0.15, 0.2) is 170 Å². The van der Waals surface area contributed by atoms with Gasteiger partial charge in [0.15, 0.2) is 0 Å². The molecule has 0 N–H and O–H groups in total. The maximum absolute atomic E-state index is 4.56. The lowest BCUT2D eigenvalue weighted by atomic mass is 10.1. The summed E-state index contributed by atoms with van der Waals surface area (Å²) in [5.41, 5.74) is 10.6. The van der Waals surface area contributed by atoms with Crippen molar-refractivity contribution in [2.75, 3.05) is 0 Å². The van der Waals surface area contributed by atoms with Gasteiger partial charge in [0, 0.05) is 71.6 Å². The zero-order valence-electron chi connectivity index (χ0n) is 27.9. The Hall–Kier alpha value is -6.69. The van der Waals surface area contributed by atoms with Crippen molar-refractivity contribution in [3.8, 4) is 17.1 Å². The number of benzene rings is 7. The Bertz CT molecular complexity index is 3410. The summed E-state index contributed by atoms with van der Waals surface area (Å²) in [5, 5.41) is 10.0. The molecule has 0 saturated carbocycles. The monoisotopic (exact) mass is 680 g/mol. The second kappa shape index (κ2) is 10.4. The van der Waals surface area contributed by atoms with E-state index < -0.39 is 0 Å². The largest absolute Gasteiger partial charge is 0.309 e. The molecule has 5 heteroatoms. The fraction of sp³-hybridized carbons (Fsp3) is 0. The average molecular weight is 681 g/mol. The maximum Gasteiger partial charge on any atom is 0.0640 e. The third kappa shape index (κ3) is 3.67. The van der Waals surface area contributed by atoms with Gasteiger partial charge in [0.05, 0.1) is 43.5 Å². The highest BCUT2D eigenvalue weighted by Crippen LogP contribution is 2.45. The van der Waals surface area contributed by atoms with Crippen LogP contribution in [-0.4, -0.2) is 18.7 Å². The lowest BCUT2D eigenvalue weighted by molar-refractivity contribution is 1.16. The minimum Gasteiger partial charge on any atom is -0.309 e. The maximum atomic E-state index is 4.56. The Morgan fingerprint density at radius 3 is 1.79 bits per heavy atom. The summed E-state index contributed by atoms with van der Waals surface area (Å²) in [6.45, 7) is 0. The van der Waals surface area contributed by atoms with Crippen molar-refractivity contribution in [3.63, 3.8) is 0 Å². The first-order valence-corrected chi connectivity index (χ1v) is 18.4. The third-order valence-corrected chi connectivity index (χ3v) is 12.1. The molecule has 242 valence electrons. The molecule has 7 aromatic carbocycles. The molecule has 0 saturated heterocycles. The second-order valence-corrected chi connectivity index (χ2v) is 14.6. The lowest BCUT2D eigenvalue weighted by Gasteiger charge is -2.11. The molecule has 0 aliphatic rings. The quantitative estimate of drug-likeness (QED) is 0.182. The highest BCUT2D eigenvalue weighted by atomic mass is 32.1. The van der Waals surface area contributed by atoms with Gasteiger partial charge in [-0.1, -0.05) is 84.9 Å². The van der Waals surface area contributed by atoms with Crippen molar-refractivity contribution in [1.29, 1.82) is 0 Å². The van der Waals surface area contributed by atoms with Gasteiger partial charge in [-0.3, -0.25) is 4.98 Å². The van der Waals surface area contributed by atoms with Crippen molar-refractivity contribution in [3.05, 3.63) is 170 Å². The average Bonchev–Trinajstić information content (AvgIpc) is 3.94. The summed E-state index contributed by atoms with van der Waals surface area (Å²) in [4.78, 5) is 4.56. The molecule has 0 unspecified atom stereocenters. The molecule has 5 heterocycles. The molecule has 0 bridgehead atoms. The van der Waals surface area contributed by atoms with E-state index in [0.717, 1.165) is 22.3 Å². The number of para-hydroxylation sites is 3. The Labute approximate surface area is 301 Å². The van der Waals surface area contributed by atoms with E-state index in [1.807, 2.05) is 23.7 Å². The summed E-state index contributed by atoms with van der Waals surface area (Å²) in [6, 6.07) is 57.6. The molecular formula is C47H28N4S. The zero-order valence-corrected chi connectivity index (χ0v) is 28.7. The first kappa shape index (κ1) is 28.1. The van der Waals surface area contributed by atoms with Gasteiger partial charge in [-0.25, -0.2) is 0 Å². The van der Waals surface area contributed by atoms with Crippen molar-refractivity contribution in [1.82, 2.24) is 18.7 Å². The summed E-state index contributed by atoms with van der Waals surface area (Å²) >= 11 is 1.88. The smallest absolute Gasteiger partial charge is 0.0640 e. The van der Waals surface area contributed by atoms with E-state index >= 15 is 0 Å². The highest BCUT2D eigenvalue weighted by Gasteiger charge is 2.22. The summed E-state index contributed by atoms with van der Waals surface area (Å²) < 4.78 is 9.91. The van der Waals surface area contributed by atoms with E-state index in [4.69, 9.17) is 0 Å². The van der Waals surface area contributed by atoms with E-state index in [1.54, 1.807) is 0 Å². The topological polar surface area (TPSA) is 27.7 Å². The van der Waals surface area contributed by atoms with Crippen LogP contribution in [-0.2, 0) is 0 Å². The molecule has 0 atom stereocenters. The van der Waals surface area contributed by atoms with Gasteiger partial charge in [0.25, 0.3) is 0 Å². The summed E-state index contributed by atoms with van der Waals surface area (Å²) in [6.07, 6.45) is 3.89. The van der Waals surface area contributed by atoms with Crippen molar-refractivity contribution in [2.24, 2.45) is 0 Å². The number of aromatic nitrogens is 4. The molecule has 0 fully saturated rings. The molecule has 0 aliphatic carbocycles. The number of nitrogens with zero attached hydrogens (tertiary/aromatic N) is 4. The van der Waals surface area contributed by atoms with E-state index in [2.05, 4.69) is 176 Å². The predicted molar refractivity (Wildman–Crippen MR) is 220 cm³/mol. The number of hydrogen-bond donors (Lipinski definition) is 0. The second-order valence-electron chi connectivity index (χ2n) is 13.6. The summed E-state index contributed by atoms with van der Waals surface area (Å²) in [5.74, 6) is 0. The van der Waals surface area contributed by atoms with Gasteiger partial charge in [-0.05, 0) is 72.8 Å². The van der Waals surface area contributed by atoms with Gasteiger partial charge in [0.2, 0.25) is 0 Å². The Morgan fingerprint density at radius 1 is 0.385 bits per heavy atom. The lowest BCUT2D eigenvalue weighted by Crippen LogP contribution is -1.96. The Balaban J connectivity index is 1.18. The SMILES string of the molecule is c1ccc(-n2c3ccncc3c3cc(-n4c5ccccc5c5c6c7ccccc7n(-c7cccc8c7sc7ccccc78)c6ccc54)ccc32)cc1. The van der Waals surface area contributed by atoms with E-state index in [-0.39, 0.29) is 0 Å². The standard InChI is InChI=1S/C47H28N4S/c1-2-11-29(12-3-1)49-39-22-21-30(27-35(39)36-28-48-26-25-40(36)49)50-37-17-7-4-14-33(37)45-41(50)23-24-42-46(45)34-15-5-8-18-38(34)51(42)43-19-10-16-32-31-13-6-9-20-44(31)52-47(32)43/h1-28H. The number of rotatable bonds is 3. The van der Waals surface area contributed by atoms with Crippen molar-refractivity contribution < 1.29 is 0 Å². The molecular weight excluding hydrogens is 653 g/mol. The van der Waals surface area contributed by atoms with Crippen LogP contribution >= 0.6 is 11.3 Å². The van der Waals surface area contributed by atoms with Crippen molar-refractivity contribution >= 4 is 96.9 Å². The molecule has 4 nitrogen and oxygen atoms in total. The molecule has 5 aromatic heterocycles. The zero-order chi connectivity index (χ0) is 33.9. The van der Waals surface area contributed by atoms with Crippen LogP contribution in [0.4, 0.5) is 0 Å². The predicted octanol–water partition coefficient (Wildman–Crippen LogP) is 12.7. The molecule has 0 amide bonds. The first-order chi connectivity index (χ1) is 25.8. The fourth-order valence-corrected chi connectivity index (χ4v) is 10.0. The summed E-state index contributed by atoms with van der Waals surface area (Å²) in [7, 11) is 0. The molecule has 0 radical (unpaired) electrons. The van der Waals surface area contributed by atoms with Gasteiger partial charge in [0.1, 0.15) is 0 Å². The Kier molecular flexibility index (Phi) is 5.62. The van der Waals surface area contributed by atoms with Crippen LogP contribution in [0.3, 0.4) is 0 Å². The van der Waals surface area contributed by atoms with Crippen LogP contribution < -0.4 is 0 Å². The van der Waals surface area contributed by atoms with Crippen molar-refractivity contribution in [2.45, 2.75) is 0 Å². The number of hydrogen-bond acceptors (Lipinski definition) is 2. The first-order valence-electron chi connectivity index (χ1n) is 17.6. The molecule has 12 aromatic rings. The fourth-order valence-electron chi connectivity index (χ4n) is 8.81. The van der Waals surface area contributed by atoms with Gasteiger partial charge >= 0.3 is 0 Å². The molecule has 0 aliphatic heterocycles. The van der Waals surface area contributed by atoms with Crippen LogP contribution in [0.5, 0.6) is 0 Å². The Morgan fingerprint density at radius 2 is 0.981 bits per heavy atom. The highest BCUT2D eigenvalue weighted by molar-refractivity contribution is 7.26. The molecule has 12 rings (SSSR count). The van der Waals surface area contributed by atoms with Crippen LogP contribution in [0.1, 0.15) is 0 Å². The molecule has 0 spiro atoms. The van der Waals surface area contributed by atoms with Gasteiger partial charge in [-0.15, -0.1) is 11.3 Å². The minimum atomic E-state index is 1.13. The van der Waals surface area contributed by atoms with Crippen LogP contribution in [0, 0.1) is 0 Å². The van der Waals surface area contributed by atoms with Crippen LogP contribution in [0.2, 0.25) is 0 Å². The van der Waals surface area contributed by atoms with Crippen LogP contribution in [0.25, 0.3) is 103 Å². The number of thiophene rings is 1. The van der Waals surface area contributed by atoms with Gasteiger partial charge in [-0.2, -0.15) is 0 Å². The molecule has 52 heavy (non-hydrogen) atoms. The normalized spacial score (nSPS) is 12.2.